The maximum absolute atomic E-state index is 6.72. The number of hydrogen-bond donors (Lipinski definition) is 0. The summed E-state index contributed by atoms with van der Waals surface area (Å²) in [6, 6.07) is 56.5. The highest BCUT2D eigenvalue weighted by Crippen LogP contribution is 2.43. The number of benzene rings is 6. The number of ether oxygens (including phenoxy) is 1. The largest absolute Gasteiger partial charge is 0.457 e. The first kappa shape index (κ1) is 38.9. The second kappa shape index (κ2) is 14.9. The Morgan fingerprint density at radius 3 is 1.95 bits per heavy atom. The van der Waals surface area contributed by atoms with Crippen molar-refractivity contribution in [1.82, 2.24) is 9.55 Å². The molecule has 9 rings (SSSR count). The highest BCUT2D eigenvalue weighted by atomic mass is 16.5. The van der Waals surface area contributed by atoms with Crippen LogP contribution in [0.15, 0.2) is 176 Å². The van der Waals surface area contributed by atoms with E-state index in [0.29, 0.717) is 6.67 Å². The first-order valence-electron chi connectivity index (χ1n) is 21.1. The molecule has 0 saturated heterocycles. The van der Waals surface area contributed by atoms with Gasteiger partial charge in [0.2, 0.25) is 0 Å². The van der Waals surface area contributed by atoms with Gasteiger partial charge < -0.3 is 14.5 Å². The summed E-state index contributed by atoms with van der Waals surface area (Å²) < 4.78 is 8.99. The maximum atomic E-state index is 6.72. The lowest BCUT2D eigenvalue weighted by Gasteiger charge is -2.33. The van der Waals surface area contributed by atoms with Crippen LogP contribution in [0.2, 0.25) is 0 Å². The summed E-state index contributed by atoms with van der Waals surface area (Å²) in [6.07, 6.45) is 4.24. The Morgan fingerprint density at radius 1 is 0.500 bits per heavy atom. The van der Waals surface area contributed by atoms with Crippen molar-refractivity contribution in [2.24, 2.45) is 5.41 Å². The Labute approximate surface area is 355 Å². The van der Waals surface area contributed by atoms with Gasteiger partial charge in [-0.3, -0.25) is 4.57 Å². The van der Waals surface area contributed by atoms with Crippen molar-refractivity contribution in [3.63, 3.8) is 0 Å². The van der Waals surface area contributed by atoms with Crippen molar-refractivity contribution in [1.29, 1.82) is 0 Å². The van der Waals surface area contributed by atoms with Crippen LogP contribution in [-0.4, -0.2) is 16.2 Å². The highest BCUT2D eigenvalue weighted by Gasteiger charge is 2.33. The molecule has 2 aromatic heterocycles. The minimum atomic E-state index is -0.207. The molecule has 0 atom stereocenters. The van der Waals surface area contributed by atoms with Crippen LogP contribution >= 0.6 is 0 Å². The number of allylic oxidation sites excluding steroid dienone is 1. The molecule has 0 spiro atoms. The fourth-order valence-electron chi connectivity index (χ4n) is 8.54. The third-order valence-corrected chi connectivity index (χ3v) is 12.1. The number of hydrogen-bond acceptors (Lipinski definition) is 4. The number of fused-ring (bicyclic) bond motifs is 3. The fourth-order valence-corrected chi connectivity index (χ4v) is 8.54. The highest BCUT2D eigenvalue weighted by molar-refractivity contribution is 6.09. The van der Waals surface area contributed by atoms with E-state index in [0.717, 1.165) is 34.0 Å². The number of nitrogens with zero attached hydrogens (tertiary/aromatic N) is 4. The van der Waals surface area contributed by atoms with E-state index in [1.807, 2.05) is 12.3 Å². The molecule has 0 aliphatic carbocycles. The van der Waals surface area contributed by atoms with Gasteiger partial charge >= 0.3 is 0 Å². The molecule has 0 amide bonds. The van der Waals surface area contributed by atoms with Crippen molar-refractivity contribution in [3.8, 4) is 28.4 Å². The summed E-state index contributed by atoms with van der Waals surface area (Å²) in [5.74, 6) is 2.46. The monoisotopic (exact) mass is 786 g/mol. The first-order valence-corrected chi connectivity index (χ1v) is 21.1. The Hall–Kier alpha value is -6.59. The average molecular weight is 787 g/mol. The summed E-state index contributed by atoms with van der Waals surface area (Å²) in [5, 5.41) is 2.35. The van der Waals surface area contributed by atoms with Crippen LogP contribution < -0.4 is 14.5 Å². The van der Waals surface area contributed by atoms with Gasteiger partial charge in [-0.1, -0.05) is 146 Å². The number of para-hydroxylation sites is 1. The summed E-state index contributed by atoms with van der Waals surface area (Å²) in [7, 11) is 0. The zero-order valence-corrected chi connectivity index (χ0v) is 36.1. The summed E-state index contributed by atoms with van der Waals surface area (Å²) in [5.41, 5.74) is 11.6. The second-order valence-corrected chi connectivity index (χ2v) is 18.7. The lowest BCUT2D eigenvalue weighted by Crippen LogP contribution is -2.31. The van der Waals surface area contributed by atoms with Crippen LogP contribution in [0.5, 0.6) is 11.5 Å². The Kier molecular flexibility index (Phi) is 9.66. The predicted molar refractivity (Wildman–Crippen MR) is 252 cm³/mol. The van der Waals surface area contributed by atoms with Gasteiger partial charge in [-0.15, -0.1) is 0 Å². The molecule has 5 heteroatoms. The van der Waals surface area contributed by atoms with Gasteiger partial charge in [0.15, 0.2) is 0 Å². The molecule has 60 heavy (non-hydrogen) atoms. The average Bonchev–Trinajstić information content (AvgIpc) is 3.85. The van der Waals surface area contributed by atoms with Crippen LogP contribution in [0.3, 0.4) is 0 Å². The number of rotatable bonds is 8. The molecule has 0 unspecified atom stereocenters. The van der Waals surface area contributed by atoms with Gasteiger partial charge in [-0.2, -0.15) is 0 Å². The molecule has 5 nitrogen and oxygen atoms in total. The summed E-state index contributed by atoms with van der Waals surface area (Å²) in [6.45, 7) is 19.0. The molecule has 6 aromatic carbocycles. The Morgan fingerprint density at radius 2 is 1.20 bits per heavy atom. The molecular weight excluding hydrogens is 733 g/mol. The van der Waals surface area contributed by atoms with Gasteiger partial charge in [0.1, 0.15) is 17.3 Å². The summed E-state index contributed by atoms with van der Waals surface area (Å²) in [4.78, 5) is 9.71. The molecule has 0 bridgehead atoms. The van der Waals surface area contributed by atoms with Crippen LogP contribution in [0, 0.1) is 5.41 Å². The first-order chi connectivity index (χ1) is 28.7. The second-order valence-electron chi connectivity index (χ2n) is 18.7. The Balaban J connectivity index is 1.07. The molecule has 300 valence electrons. The number of anilines is 2. The maximum Gasteiger partial charge on any atom is 0.137 e. The number of aromatic nitrogens is 2. The number of pyridine rings is 1. The van der Waals surface area contributed by atoms with E-state index in [2.05, 4.69) is 228 Å². The van der Waals surface area contributed by atoms with E-state index in [4.69, 9.17) is 9.72 Å². The van der Waals surface area contributed by atoms with Crippen molar-refractivity contribution in [2.45, 2.75) is 66.2 Å². The molecule has 0 saturated carbocycles. The van der Waals surface area contributed by atoms with E-state index in [-0.39, 0.29) is 16.2 Å². The normalized spacial score (nSPS) is 13.6. The third kappa shape index (κ3) is 7.34. The molecule has 8 aromatic rings. The summed E-state index contributed by atoms with van der Waals surface area (Å²) >= 11 is 0. The molecule has 3 heterocycles. The van der Waals surface area contributed by atoms with Gasteiger partial charge in [0.25, 0.3) is 0 Å². The van der Waals surface area contributed by atoms with E-state index < -0.39 is 0 Å². The SMILES string of the molecule is CC(C)(C)C1=CN(c2cccc(Oc3ccc4c5ccccc5n(-c5cc(C(C)(C)C)ccn5)c4c3)c2)CN1c1cc(-c2ccccc2)cc(C(C)(C)c2ccccc2)c1. The molecule has 1 aliphatic heterocycles. The van der Waals surface area contributed by atoms with Crippen molar-refractivity contribution >= 4 is 33.2 Å². The zero-order chi connectivity index (χ0) is 41.8. The smallest absolute Gasteiger partial charge is 0.137 e. The molecule has 1 aliphatic rings. The minimum Gasteiger partial charge on any atom is -0.457 e. The van der Waals surface area contributed by atoms with Gasteiger partial charge in [0.05, 0.1) is 17.7 Å². The standard InChI is InChI=1S/C55H54N4O/c1-53(2,3)41-28-29-56-52(33-41)59-49-25-16-15-24-47(49)48-27-26-46(35-50(48)59)60-45-23-17-22-43(34-45)57-36-51(54(4,5)6)58(37-57)44-31-39(38-18-11-9-12-19-38)30-42(32-44)55(7,8)40-20-13-10-14-21-40/h9-36H,37H2,1-8H3. The minimum absolute atomic E-state index is 0.000626. The van der Waals surface area contributed by atoms with E-state index in [1.165, 1.54) is 50.0 Å². The zero-order valence-electron chi connectivity index (χ0n) is 36.1. The van der Waals surface area contributed by atoms with E-state index in [9.17, 15) is 0 Å². The van der Waals surface area contributed by atoms with Crippen molar-refractivity contribution in [3.05, 3.63) is 193 Å². The third-order valence-electron chi connectivity index (χ3n) is 12.1. The topological polar surface area (TPSA) is 33.5 Å². The predicted octanol–water partition coefficient (Wildman–Crippen LogP) is 14.4. The van der Waals surface area contributed by atoms with Crippen LogP contribution in [0.1, 0.15) is 72.1 Å². The fraction of sp³-hybridized carbons (Fsp3) is 0.218. The van der Waals surface area contributed by atoms with E-state index >= 15 is 0 Å². The molecule has 0 N–H and O–H groups in total. The van der Waals surface area contributed by atoms with Crippen molar-refractivity contribution in [2.75, 3.05) is 16.5 Å². The van der Waals surface area contributed by atoms with E-state index in [1.54, 1.807) is 0 Å². The van der Waals surface area contributed by atoms with Crippen LogP contribution in [0.4, 0.5) is 11.4 Å². The van der Waals surface area contributed by atoms with Crippen LogP contribution in [0.25, 0.3) is 38.8 Å². The van der Waals surface area contributed by atoms with Gasteiger partial charge in [0, 0.05) is 63.2 Å². The van der Waals surface area contributed by atoms with Crippen molar-refractivity contribution < 1.29 is 4.74 Å². The van der Waals surface area contributed by atoms with Crippen LogP contribution in [-0.2, 0) is 10.8 Å². The molecule has 0 fully saturated rings. The molecule has 0 radical (unpaired) electrons. The lowest BCUT2D eigenvalue weighted by atomic mass is 9.77. The van der Waals surface area contributed by atoms with Gasteiger partial charge in [-0.05, 0) is 87.8 Å². The quantitative estimate of drug-likeness (QED) is 0.154. The Bertz CT molecular complexity index is 2870. The van der Waals surface area contributed by atoms with Gasteiger partial charge in [-0.25, -0.2) is 4.98 Å². The molecular formula is C55H54N4O. The lowest BCUT2D eigenvalue weighted by molar-refractivity contribution is 0.483.